The van der Waals surface area contributed by atoms with E-state index in [1.54, 1.807) is 6.07 Å². The maximum atomic E-state index is 12.0. The molecule has 0 aliphatic carbocycles. The van der Waals surface area contributed by atoms with E-state index >= 15 is 0 Å². The van der Waals surface area contributed by atoms with Gasteiger partial charge in [-0.25, -0.2) is 8.42 Å². The quantitative estimate of drug-likeness (QED) is 0.720. The first kappa shape index (κ1) is 19.2. The molecule has 1 aromatic rings. The van der Waals surface area contributed by atoms with Gasteiger partial charge < -0.3 is 14.8 Å². The molecule has 1 fully saturated rings. The summed E-state index contributed by atoms with van der Waals surface area (Å²) in [6.07, 6.45) is -0.572. The molecule has 1 heterocycles. The Labute approximate surface area is 147 Å². The molecule has 2 rings (SSSR count). The Hall–Kier alpha value is -2.09. The first-order valence-electron chi connectivity index (χ1n) is 8.15. The summed E-state index contributed by atoms with van der Waals surface area (Å²) in [7, 11) is -3.07. The van der Waals surface area contributed by atoms with Gasteiger partial charge in [-0.15, -0.1) is 0 Å². The van der Waals surface area contributed by atoms with Crippen LogP contribution in [-0.2, 0) is 24.2 Å². The molecule has 1 aromatic carbocycles. The third-order valence-electron chi connectivity index (χ3n) is 3.82. The van der Waals surface area contributed by atoms with Gasteiger partial charge in [-0.2, -0.15) is 0 Å². The van der Waals surface area contributed by atoms with Crippen molar-refractivity contribution in [1.82, 2.24) is 5.32 Å². The van der Waals surface area contributed by atoms with Gasteiger partial charge in [0.25, 0.3) is 5.91 Å². The molecule has 1 aliphatic heterocycles. The fraction of sp³-hybridized carbons (Fsp3) is 0.529. The summed E-state index contributed by atoms with van der Waals surface area (Å²) in [6.45, 7) is 3.55. The number of carbonyl (C=O) groups is 2. The highest BCUT2D eigenvalue weighted by molar-refractivity contribution is 7.91. The number of esters is 1. The lowest BCUT2D eigenvalue weighted by Gasteiger charge is -2.16. The van der Waals surface area contributed by atoms with E-state index in [1.165, 1.54) is 6.92 Å². The van der Waals surface area contributed by atoms with Crippen molar-refractivity contribution in [3.8, 4) is 5.75 Å². The number of ether oxygens (including phenoxy) is 2. The number of nitrogens with one attached hydrogen (secondary N) is 1. The highest BCUT2D eigenvalue weighted by Gasteiger charge is 2.30. The highest BCUT2D eigenvalue weighted by atomic mass is 32.2. The van der Waals surface area contributed by atoms with Gasteiger partial charge >= 0.3 is 5.97 Å². The summed E-state index contributed by atoms with van der Waals surface area (Å²) in [5.74, 6) is -0.364. The van der Waals surface area contributed by atoms with Gasteiger partial charge in [-0.1, -0.05) is 12.1 Å². The predicted octanol–water partition coefficient (Wildman–Crippen LogP) is 0.999. The number of sulfone groups is 1. The lowest BCUT2D eigenvalue weighted by molar-refractivity contribution is -0.155. The average molecular weight is 369 g/mol. The van der Waals surface area contributed by atoms with Crippen LogP contribution < -0.4 is 10.1 Å². The van der Waals surface area contributed by atoms with Gasteiger partial charge in [0, 0.05) is 6.04 Å². The molecule has 0 radical (unpaired) electrons. The summed E-state index contributed by atoms with van der Waals surface area (Å²) in [6, 6.07) is 7.04. The van der Waals surface area contributed by atoms with E-state index < -0.39 is 33.9 Å². The summed E-state index contributed by atoms with van der Waals surface area (Å²) < 4.78 is 33.3. The molecule has 1 saturated heterocycles. The lowest BCUT2D eigenvalue weighted by atomic mass is 10.2. The van der Waals surface area contributed by atoms with E-state index in [-0.39, 0.29) is 24.5 Å². The minimum atomic E-state index is -3.07. The van der Waals surface area contributed by atoms with Crippen LogP contribution in [0.4, 0.5) is 0 Å². The van der Waals surface area contributed by atoms with Gasteiger partial charge in [0.1, 0.15) is 5.75 Å². The van der Waals surface area contributed by atoms with Gasteiger partial charge in [0.2, 0.25) is 0 Å². The Balaban J connectivity index is 1.69. The molecule has 1 aliphatic rings. The number of amides is 1. The van der Waals surface area contributed by atoms with Crippen molar-refractivity contribution < 1.29 is 27.5 Å². The molecule has 138 valence electrons. The minimum Gasteiger partial charge on any atom is -0.493 e. The summed E-state index contributed by atoms with van der Waals surface area (Å²) in [4.78, 5) is 23.7. The van der Waals surface area contributed by atoms with Crippen LogP contribution in [0.1, 0.15) is 25.3 Å². The highest BCUT2D eigenvalue weighted by Crippen LogP contribution is 2.13. The fourth-order valence-corrected chi connectivity index (χ4v) is 4.17. The Morgan fingerprint density at radius 3 is 2.76 bits per heavy atom. The van der Waals surface area contributed by atoms with E-state index in [0.717, 1.165) is 5.56 Å². The number of carbonyl (C=O) groups excluding carboxylic acids is 2. The topological polar surface area (TPSA) is 98.8 Å². The number of hydrogen-bond acceptors (Lipinski definition) is 6. The molecule has 0 aromatic heterocycles. The van der Waals surface area contributed by atoms with Crippen LogP contribution in [0.3, 0.4) is 0 Å². The zero-order valence-corrected chi connectivity index (χ0v) is 15.2. The van der Waals surface area contributed by atoms with Crippen LogP contribution in [0.5, 0.6) is 5.75 Å². The van der Waals surface area contributed by atoms with E-state index in [1.807, 2.05) is 25.1 Å². The SMILES string of the molecule is Cc1cccc(OCCC(=O)O[C@@H](C)C(=O)N[C@@H]2CCS(=O)(=O)C2)c1. The zero-order chi connectivity index (χ0) is 18.4. The van der Waals surface area contributed by atoms with E-state index in [2.05, 4.69) is 5.32 Å². The maximum Gasteiger partial charge on any atom is 0.310 e. The normalized spacial score (nSPS) is 19.8. The van der Waals surface area contributed by atoms with Crippen LogP contribution in [0, 0.1) is 6.92 Å². The van der Waals surface area contributed by atoms with Crippen molar-refractivity contribution in [2.75, 3.05) is 18.1 Å². The van der Waals surface area contributed by atoms with E-state index in [0.29, 0.717) is 12.2 Å². The van der Waals surface area contributed by atoms with Crippen LogP contribution in [0.2, 0.25) is 0 Å². The maximum absolute atomic E-state index is 12.0. The minimum absolute atomic E-state index is 0.0172. The van der Waals surface area contributed by atoms with Crippen LogP contribution >= 0.6 is 0 Å². The summed E-state index contributed by atoms with van der Waals surface area (Å²) in [5.41, 5.74) is 1.05. The standard InChI is InChI=1S/C17H23NO6S/c1-12-4-3-5-15(10-12)23-8-6-16(19)24-13(2)17(20)18-14-7-9-25(21,22)11-14/h3-5,10,13-14H,6-9,11H2,1-2H3,(H,18,20)/t13-,14+/m0/s1. The first-order chi connectivity index (χ1) is 11.7. The van der Waals surface area contributed by atoms with Crippen molar-refractivity contribution in [2.24, 2.45) is 0 Å². The Morgan fingerprint density at radius 2 is 2.12 bits per heavy atom. The lowest BCUT2D eigenvalue weighted by Crippen LogP contribution is -2.42. The second kappa shape index (κ2) is 8.33. The number of hydrogen-bond donors (Lipinski definition) is 1. The van der Waals surface area contributed by atoms with Crippen molar-refractivity contribution in [1.29, 1.82) is 0 Å². The van der Waals surface area contributed by atoms with Crippen LogP contribution in [-0.4, -0.2) is 50.6 Å². The van der Waals surface area contributed by atoms with Crippen molar-refractivity contribution in [3.63, 3.8) is 0 Å². The molecular formula is C17H23NO6S. The van der Waals surface area contributed by atoms with E-state index in [9.17, 15) is 18.0 Å². The summed E-state index contributed by atoms with van der Waals surface area (Å²) in [5, 5.41) is 2.60. The summed E-state index contributed by atoms with van der Waals surface area (Å²) >= 11 is 0. The monoisotopic (exact) mass is 369 g/mol. The van der Waals surface area contributed by atoms with Crippen molar-refractivity contribution in [2.45, 2.75) is 38.8 Å². The molecule has 8 heteroatoms. The first-order valence-corrected chi connectivity index (χ1v) is 9.97. The average Bonchev–Trinajstić information content (AvgIpc) is 2.86. The Bertz CT molecular complexity index is 730. The third kappa shape index (κ3) is 6.38. The van der Waals surface area contributed by atoms with Crippen LogP contribution in [0.25, 0.3) is 0 Å². The molecule has 0 spiro atoms. The molecule has 2 atom stereocenters. The molecule has 0 bridgehead atoms. The molecule has 1 amide bonds. The predicted molar refractivity (Wildman–Crippen MR) is 92.0 cm³/mol. The second-order valence-corrected chi connectivity index (χ2v) is 8.38. The molecule has 1 N–H and O–H groups in total. The third-order valence-corrected chi connectivity index (χ3v) is 5.59. The number of benzene rings is 1. The number of aryl methyl sites for hydroxylation is 1. The molecule has 0 saturated carbocycles. The fourth-order valence-electron chi connectivity index (χ4n) is 2.49. The molecular weight excluding hydrogens is 346 g/mol. The van der Waals surface area contributed by atoms with Gasteiger partial charge in [-0.05, 0) is 38.0 Å². The number of rotatable bonds is 7. The second-order valence-electron chi connectivity index (χ2n) is 6.16. The van der Waals surface area contributed by atoms with Crippen molar-refractivity contribution >= 4 is 21.7 Å². The molecule has 7 nitrogen and oxygen atoms in total. The smallest absolute Gasteiger partial charge is 0.310 e. The van der Waals surface area contributed by atoms with Crippen LogP contribution in [0.15, 0.2) is 24.3 Å². The van der Waals surface area contributed by atoms with E-state index in [4.69, 9.17) is 9.47 Å². The van der Waals surface area contributed by atoms with Crippen molar-refractivity contribution in [3.05, 3.63) is 29.8 Å². The Morgan fingerprint density at radius 1 is 1.36 bits per heavy atom. The van der Waals surface area contributed by atoms with Gasteiger partial charge in [0.15, 0.2) is 15.9 Å². The van der Waals surface area contributed by atoms with Gasteiger partial charge in [0.05, 0.1) is 24.5 Å². The molecule has 25 heavy (non-hydrogen) atoms. The molecule has 0 unspecified atom stereocenters. The largest absolute Gasteiger partial charge is 0.493 e. The Kier molecular flexibility index (Phi) is 6.41. The zero-order valence-electron chi connectivity index (χ0n) is 14.4. The van der Waals surface area contributed by atoms with Gasteiger partial charge in [-0.3, -0.25) is 9.59 Å².